The summed E-state index contributed by atoms with van der Waals surface area (Å²) in [6.07, 6.45) is -0.940. The van der Waals surface area contributed by atoms with Gasteiger partial charge in [-0.2, -0.15) is 0 Å². The van der Waals surface area contributed by atoms with Crippen LogP contribution in [0.25, 0.3) is 0 Å². The first kappa shape index (κ1) is 13.5. The Balaban J connectivity index is 2.47. The lowest BCUT2D eigenvalue weighted by Gasteiger charge is -2.14. The molecule has 18 heavy (non-hydrogen) atoms. The van der Waals surface area contributed by atoms with Crippen molar-refractivity contribution in [1.29, 1.82) is 0 Å². The summed E-state index contributed by atoms with van der Waals surface area (Å²) in [5.74, 6) is -0.366. The number of benzene rings is 2. The van der Waals surface area contributed by atoms with Gasteiger partial charge in [-0.3, -0.25) is 0 Å². The summed E-state index contributed by atoms with van der Waals surface area (Å²) in [6, 6.07) is 9.76. The number of rotatable bonds is 2. The normalized spacial score (nSPS) is 12.5. The minimum absolute atomic E-state index is 0.366. The van der Waals surface area contributed by atoms with Crippen LogP contribution in [0.5, 0.6) is 0 Å². The van der Waals surface area contributed by atoms with Crippen molar-refractivity contribution >= 4 is 27.5 Å². The quantitative estimate of drug-likeness (QED) is 0.851. The zero-order chi connectivity index (χ0) is 13.3. The van der Waals surface area contributed by atoms with Gasteiger partial charge in [0, 0.05) is 10.0 Å². The van der Waals surface area contributed by atoms with E-state index in [9.17, 15) is 9.50 Å². The molecule has 4 heteroatoms. The molecule has 0 heterocycles. The molecule has 2 aromatic rings. The average Bonchev–Trinajstić information content (AvgIpc) is 2.30. The molecule has 0 fully saturated rings. The van der Waals surface area contributed by atoms with Crippen LogP contribution in [0.1, 0.15) is 22.8 Å². The average molecular weight is 330 g/mol. The largest absolute Gasteiger partial charge is 0.384 e. The molecule has 1 unspecified atom stereocenters. The maximum Gasteiger partial charge on any atom is 0.123 e. The lowest BCUT2D eigenvalue weighted by Crippen LogP contribution is -2.02. The predicted octanol–water partition coefficient (Wildman–Crippen LogP) is 4.63. The van der Waals surface area contributed by atoms with Crippen LogP contribution in [0, 0.1) is 12.7 Å². The first-order valence-electron chi connectivity index (χ1n) is 5.38. The molecule has 0 aliphatic carbocycles. The van der Waals surface area contributed by atoms with Gasteiger partial charge in [0.2, 0.25) is 0 Å². The minimum Gasteiger partial charge on any atom is -0.384 e. The van der Waals surface area contributed by atoms with Gasteiger partial charge >= 0.3 is 0 Å². The molecule has 0 saturated carbocycles. The Bertz CT molecular complexity index is 566. The van der Waals surface area contributed by atoms with E-state index in [1.54, 1.807) is 31.2 Å². The molecule has 0 amide bonds. The van der Waals surface area contributed by atoms with Crippen LogP contribution in [0.3, 0.4) is 0 Å². The molecule has 1 nitrogen and oxygen atoms in total. The monoisotopic (exact) mass is 328 g/mol. The fraction of sp³-hybridized carbons (Fsp3) is 0.143. The molecule has 2 rings (SSSR count). The van der Waals surface area contributed by atoms with Crippen molar-refractivity contribution in [3.05, 3.63) is 68.4 Å². The van der Waals surface area contributed by atoms with E-state index in [2.05, 4.69) is 15.9 Å². The van der Waals surface area contributed by atoms with Gasteiger partial charge in [-0.15, -0.1) is 0 Å². The van der Waals surface area contributed by atoms with Gasteiger partial charge in [-0.1, -0.05) is 29.8 Å². The fourth-order valence-electron chi connectivity index (χ4n) is 1.83. The van der Waals surface area contributed by atoms with E-state index < -0.39 is 6.10 Å². The first-order chi connectivity index (χ1) is 8.49. The Morgan fingerprint density at radius 2 is 2.00 bits per heavy atom. The summed E-state index contributed by atoms with van der Waals surface area (Å²) in [5.41, 5.74) is 1.80. The first-order valence-corrected chi connectivity index (χ1v) is 6.55. The maximum absolute atomic E-state index is 13.3. The maximum atomic E-state index is 13.3. The van der Waals surface area contributed by atoms with Crippen molar-refractivity contribution in [2.45, 2.75) is 13.0 Å². The van der Waals surface area contributed by atoms with E-state index in [1.807, 2.05) is 0 Å². The Hall–Kier alpha value is -0.900. The molecular formula is C14H11BrClFO. The third kappa shape index (κ3) is 2.74. The standard InChI is InChI=1S/C14H11BrClFO/c1-8-5-9(7-10(17)6-8)14(18)11-3-2-4-12(15)13(11)16/h2-7,14,18H,1H3. The number of aliphatic hydroxyl groups excluding tert-OH is 1. The summed E-state index contributed by atoms with van der Waals surface area (Å²) in [6.45, 7) is 1.78. The fourth-order valence-corrected chi connectivity index (χ4v) is 2.44. The highest BCUT2D eigenvalue weighted by Crippen LogP contribution is 2.33. The van der Waals surface area contributed by atoms with Crippen LogP contribution in [-0.4, -0.2) is 5.11 Å². The molecule has 0 radical (unpaired) electrons. The third-order valence-corrected chi connectivity index (χ3v) is 3.97. The summed E-state index contributed by atoms with van der Waals surface area (Å²) in [5, 5.41) is 10.7. The van der Waals surface area contributed by atoms with E-state index in [-0.39, 0.29) is 5.82 Å². The Morgan fingerprint density at radius 3 is 2.67 bits per heavy atom. The predicted molar refractivity (Wildman–Crippen MR) is 74.4 cm³/mol. The molecule has 0 aliphatic rings. The van der Waals surface area contributed by atoms with Crippen LogP contribution in [0.2, 0.25) is 5.02 Å². The van der Waals surface area contributed by atoms with Crippen LogP contribution in [0.4, 0.5) is 4.39 Å². The molecule has 0 bridgehead atoms. The highest BCUT2D eigenvalue weighted by Gasteiger charge is 2.16. The SMILES string of the molecule is Cc1cc(F)cc(C(O)c2cccc(Br)c2Cl)c1. The zero-order valence-electron chi connectivity index (χ0n) is 9.62. The van der Waals surface area contributed by atoms with Crippen LogP contribution < -0.4 is 0 Å². The van der Waals surface area contributed by atoms with Gasteiger partial charge in [0.1, 0.15) is 11.9 Å². The minimum atomic E-state index is -0.940. The van der Waals surface area contributed by atoms with E-state index in [4.69, 9.17) is 11.6 Å². The molecule has 0 spiro atoms. The van der Waals surface area contributed by atoms with E-state index in [1.165, 1.54) is 12.1 Å². The molecule has 2 aromatic carbocycles. The number of aliphatic hydroxyl groups is 1. The highest BCUT2D eigenvalue weighted by molar-refractivity contribution is 9.10. The topological polar surface area (TPSA) is 20.2 Å². The highest BCUT2D eigenvalue weighted by atomic mass is 79.9. The molecular weight excluding hydrogens is 319 g/mol. The molecule has 1 atom stereocenters. The van der Waals surface area contributed by atoms with E-state index in [0.29, 0.717) is 20.6 Å². The lowest BCUT2D eigenvalue weighted by atomic mass is 10.00. The molecule has 94 valence electrons. The van der Waals surface area contributed by atoms with Gasteiger partial charge < -0.3 is 5.11 Å². The van der Waals surface area contributed by atoms with Gasteiger partial charge in [-0.25, -0.2) is 4.39 Å². The number of halogens is 3. The van der Waals surface area contributed by atoms with Crippen molar-refractivity contribution in [2.75, 3.05) is 0 Å². The van der Waals surface area contributed by atoms with Crippen LogP contribution in [-0.2, 0) is 0 Å². The van der Waals surface area contributed by atoms with Crippen molar-refractivity contribution in [1.82, 2.24) is 0 Å². The second-order valence-corrected chi connectivity index (χ2v) is 5.34. The van der Waals surface area contributed by atoms with Gasteiger partial charge in [-0.05, 0) is 52.2 Å². The van der Waals surface area contributed by atoms with Crippen molar-refractivity contribution in [3.8, 4) is 0 Å². The molecule has 1 N–H and O–H groups in total. The van der Waals surface area contributed by atoms with Gasteiger partial charge in [0.25, 0.3) is 0 Å². The smallest absolute Gasteiger partial charge is 0.123 e. The lowest BCUT2D eigenvalue weighted by molar-refractivity contribution is 0.219. The second-order valence-electron chi connectivity index (χ2n) is 4.11. The Morgan fingerprint density at radius 1 is 1.28 bits per heavy atom. The molecule has 0 aliphatic heterocycles. The summed E-state index contributed by atoms with van der Waals surface area (Å²) < 4.78 is 14.0. The Kier molecular flexibility index (Phi) is 4.05. The third-order valence-electron chi connectivity index (χ3n) is 2.66. The van der Waals surface area contributed by atoms with Crippen LogP contribution >= 0.6 is 27.5 Å². The summed E-state index contributed by atoms with van der Waals surface area (Å²) in [4.78, 5) is 0. The van der Waals surface area contributed by atoms with Crippen molar-refractivity contribution < 1.29 is 9.50 Å². The molecule has 0 aromatic heterocycles. The number of hydrogen-bond acceptors (Lipinski definition) is 1. The van der Waals surface area contributed by atoms with Crippen LogP contribution in [0.15, 0.2) is 40.9 Å². The number of aryl methyl sites for hydroxylation is 1. The van der Waals surface area contributed by atoms with Gasteiger partial charge in [0.05, 0.1) is 5.02 Å². The van der Waals surface area contributed by atoms with Crippen molar-refractivity contribution in [3.63, 3.8) is 0 Å². The van der Waals surface area contributed by atoms with E-state index >= 15 is 0 Å². The second kappa shape index (κ2) is 5.39. The van der Waals surface area contributed by atoms with E-state index in [0.717, 1.165) is 5.56 Å². The summed E-state index contributed by atoms with van der Waals surface area (Å²) >= 11 is 9.42. The zero-order valence-corrected chi connectivity index (χ0v) is 12.0. The Labute approximate surface area is 118 Å². The van der Waals surface area contributed by atoms with Crippen molar-refractivity contribution in [2.24, 2.45) is 0 Å². The van der Waals surface area contributed by atoms with Gasteiger partial charge in [0.15, 0.2) is 0 Å². The molecule has 0 saturated heterocycles. The summed E-state index contributed by atoms with van der Waals surface area (Å²) in [7, 11) is 0. The number of hydrogen-bond donors (Lipinski definition) is 1.